The molecule has 2 heterocycles. The van der Waals surface area contributed by atoms with Crippen molar-refractivity contribution in [1.82, 2.24) is 15.2 Å². The first kappa shape index (κ1) is 16.3. The maximum Gasteiger partial charge on any atom is 0.303 e. The number of carboxylic acids is 2. The maximum atomic E-state index is 10.7. The SMILES string of the molecule is NC(=O)c1csc(-c2cn[nH]c2)n1.O=C(O)CCC(=O)O. The third-order valence-corrected chi connectivity index (χ3v) is 2.95. The van der Waals surface area contributed by atoms with Gasteiger partial charge in [0.1, 0.15) is 10.7 Å². The molecule has 2 aromatic rings. The van der Waals surface area contributed by atoms with Gasteiger partial charge in [0.15, 0.2) is 0 Å². The van der Waals surface area contributed by atoms with Crippen LogP contribution in [0.1, 0.15) is 23.3 Å². The zero-order chi connectivity index (χ0) is 15.8. The van der Waals surface area contributed by atoms with Gasteiger partial charge in [-0.3, -0.25) is 19.5 Å². The number of primary amides is 1. The van der Waals surface area contributed by atoms with Crippen LogP contribution < -0.4 is 5.73 Å². The monoisotopic (exact) mass is 312 g/mol. The molecule has 21 heavy (non-hydrogen) atoms. The summed E-state index contributed by atoms with van der Waals surface area (Å²) in [6.45, 7) is 0. The summed E-state index contributed by atoms with van der Waals surface area (Å²) in [7, 11) is 0. The molecule has 1 amide bonds. The highest BCUT2D eigenvalue weighted by atomic mass is 32.1. The van der Waals surface area contributed by atoms with Crippen LogP contribution in [0.5, 0.6) is 0 Å². The minimum Gasteiger partial charge on any atom is -0.481 e. The van der Waals surface area contributed by atoms with Gasteiger partial charge in [0.05, 0.1) is 19.0 Å². The topological polar surface area (TPSA) is 159 Å². The number of nitrogens with one attached hydrogen (secondary N) is 1. The Kier molecular flexibility index (Phi) is 6.01. The Hall–Kier alpha value is -2.75. The minimum absolute atomic E-state index is 0.293. The zero-order valence-electron chi connectivity index (χ0n) is 10.6. The number of carbonyl (C=O) groups excluding carboxylic acids is 1. The van der Waals surface area contributed by atoms with E-state index in [2.05, 4.69) is 15.2 Å². The Morgan fingerprint density at radius 3 is 2.24 bits per heavy atom. The van der Waals surface area contributed by atoms with Gasteiger partial charge in [-0.2, -0.15) is 5.10 Å². The number of nitrogens with two attached hydrogens (primary N) is 1. The number of carboxylic acid groups (broad SMARTS) is 2. The number of hydrogen-bond donors (Lipinski definition) is 4. The maximum absolute atomic E-state index is 10.7. The van der Waals surface area contributed by atoms with Gasteiger partial charge in [-0.1, -0.05) is 0 Å². The molecule has 2 aromatic heterocycles. The molecule has 0 aliphatic heterocycles. The molecule has 10 heteroatoms. The smallest absolute Gasteiger partial charge is 0.303 e. The summed E-state index contributed by atoms with van der Waals surface area (Å²) in [4.78, 5) is 34.0. The molecule has 0 saturated carbocycles. The van der Waals surface area contributed by atoms with E-state index in [1.165, 1.54) is 11.3 Å². The number of H-pyrrole nitrogens is 1. The van der Waals surface area contributed by atoms with E-state index in [1.807, 2.05) is 0 Å². The first-order valence-electron chi connectivity index (χ1n) is 5.58. The number of hydrogen-bond acceptors (Lipinski definition) is 6. The number of rotatable bonds is 5. The van der Waals surface area contributed by atoms with Crippen LogP contribution in [-0.4, -0.2) is 43.2 Å². The highest BCUT2D eigenvalue weighted by Crippen LogP contribution is 2.21. The van der Waals surface area contributed by atoms with Gasteiger partial charge < -0.3 is 15.9 Å². The predicted molar refractivity (Wildman–Crippen MR) is 72.7 cm³/mol. The fourth-order valence-corrected chi connectivity index (χ4v) is 1.89. The average molecular weight is 312 g/mol. The first-order chi connectivity index (χ1) is 9.90. The van der Waals surface area contributed by atoms with Crippen molar-refractivity contribution < 1.29 is 24.6 Å². The van der Waals surface area contributed by atoms with Crippen LogP contribution >= 0.6 is 11.3 Å². The van der Waals surface area contributed by atoms with Crippen molar-refractivity contribution in [2.75, 3.05) is 0 Å². The van der Waals surface area contributed by atoms with Crippen molar-refractivity contribution in [2.45, 2.75) is 12.8 Å². The predicted octanol–water partition coefficient (Wildman–Crippen LogP) is 0.568. The second-order valence-corrected chi connectivity index (χ2v) is 4.53. The fraction of sp³-hybridized carbons (Fsp3) is 0.182. The second kappa shape index (κ2) is 7.75. The Morgan fingerprint density at radius 2 is 1.86 bits per heavy atom. The third-order valence-electron chi connectivity index (χ3n) is 2.05. The Bertz CT molecular complexity index is 608. The summed E-state index contributed by atoms with van der Waals surface area (Å²) in [5.74, 6) is -2.66. The normalized spacial score (nSPS) is 9.52. The van der Waals surface area contributed by atoms with E-state index in [0.29, 0.717) is 5.69 Å². The van der Waals surface area contributed by atoms with E-state index < -0.39 is 17.8 Å². The molecule has 0 saturated heterocycles. The molecule has 0 radical (unpaired) electrons. The lowest BCUT2D eigenvalue weighted by molar-refractivity contribution is -0.143. The fourth-order valence-electron chi connectivity index (χ4n) is 1.10. The van der Waals surface area contributed by atoms with Crippen LogP contribution in [0.15, 0.2) is 17.8 Å². The summed E-state index contributed by atoms with van der Waals surface area (Å²) in [6, 6.07) is 0. The van der Waals surface area contributed by atoms with Crippen LogP contribution in [0.25, 0.3) is 10.6 Å². The van der Waals surface area contributed by atoms with Gasteiger partial charge in [0.2, 0.25) is 0 Å². The lowest BCUT2D eigenvalue weighted by atomic mass is 10.3. The van der Waals surface area contributed by atoms with Crippen LogP contribution in [-0.2, 0) is 9.59 Å². The van der Waals surface area contributed by atoms with Crippen molar-refractivity contribution in [2.24, 2.45) is 5.73 Å². The average Bonchev–Trinajstić information content (AvgIpc) is 3.07. The van der Waals surface area contributed by atoms with Crippen molar-refractivity contribution in [1.29, 1.82) is 0 Å². The summed E-state index contributed by atoms with van der Waals surface area (Å²) in [5.41, 5.74) is 6.21. The van der Waals surface area contributed by atoms with E-state index >= 15 is 0 Å². The van der Waals surface area contributed by atoms with Gasteiger partial charge in [0, 0.05) is 17.1 Å². The highest BCUT2D eigenvalue weighted by Gasteiger charge is 2.08. The van der Waals surface area contributed by atoms with Crippen molar-refractivity contribution in [3.05, 3.63) is 23.5 Å². The van der Waals surface area contributed by atoms with Crippen LogP contribution in [0.4, 0.5) is 0 Å². The number of aliphatic carboxylic acids is 2. The van der Waals surface area contributed by atoms with Gasteiger partial charge >= 0.3 is 11.9 Å². The number of thiazole rings is 1. The molecular formula is C11H12N4O5S. The van der Waals surface area contributed by atoms with E-state index in [1.54, 1.807) is 17.8 Å². The van der Waals surface area contributed by atoms with Crippen molar-refractivity contribution in [3.8, 4) is 10.6 Å². The molecule has 0 unspecified atom stereocenters. The number of aromatic amines is 1. The molecule has 0 aliphatic rings. The van der Waals surface area contributed by atoms with E-state index in [9.17, 15) is 14.4 Å². The molecule has 0 fully saturated rings. The van der Waals surface area contributed by atoms with Gasteiger partial charge in [-0.05, 0) is 0 Å². The molecule has 112 valence electrons. The molecule has 0 aliphatic carbocycles. The van der Waals surface area contributed by atoms with E-state index in [4.69, 9.17) is 15.9 Å². The van der Waals surface area contributed by atoms with Crippen molar-refractivity contribution in [3.63, 3.8) is 0 Å². The molecule has 0 bridgehead atoms. The molecular weight excluding hydrogens is 300 g/mol. The molecule has 0 spiro atoms. The quantitative estimate of drug-likeness (QED) is 0.627. The number of amides is 1. The van der Waals surface area contributed by atoms with Crippen LogP contribution in [0.3, 0.4) is 0 Å². The molecule has 5 N–H and O–H groups in total. The standard InChI is InChI=1S/C7H6N4OS.C4H6O4/c8-6(12)5-3-13-7(11-5)4-1-9-10-2-4;5-3(6)1-2-4(7)8/h1-3H,(H2,8,12)(H,9,10);1-2H2,(H,5,6)(H,7,8). The summed E-state index contributed by atoms with van der Waals surface area (Å²) >= 11 is 1.36. The highest BCUT2D eigenvalue weighted by molar-refractivity contribution is 7.13. The minimum atomic E-state index is -1.08. The van der Waals surface area contributed by atoms with Crippen LogP contribution in [0.2, 0.25) is 0 Å². The van der Waals surface area contributed by atoms with E-state index in [0.717, 1.165) is 10.6 Å². The van der Waals surface area contributed by atoms with Crippen molar-refractivity contribution >= 4 is 29.2 Å². The lowest BCUT2D eigenvalue weighted by Gasteiger charge is -1.85. The van der Waals surface area contributed by atoms with Gasteiger partial charge in [0.25, 0.3) is 5.91 Å². The second-order valence-electron chi connectivity index (χ2n) is 3.68. The van der Waals surface area contributed by atoms with Gasteiger partial charge in [-0.15, -0.1) is 11.3 Å². The molecule has 2 rings (SSSR count). The molecule has 9 nitrogen and oxygen atoms in total. The van der Waals surface area contributed by atoms with Crippen LogP contribution in [0, 0.1) is 0 Å². The number of carbonyl (C=O) groups is 3. The Balaban J connectivity index is 0.000000240. The number of nitrogens with zero attached hydrogens (tertiary/aromatic N) is 2. The number of aromatic nitrogens is 3. The summed E-state index contributed by atoms with van der Waals surface area (Å²) < 4.78 is 0. The molecule has 0 aromatic carbocycles. The third kappa shape index (κ3) is 5.82. The Morgan fingerprint density at radius 1 is 1.24 bits per heavy atom. The first-order valence-corrected chi connectivity index (χ1v) is 6.46. The largest absolute Gasteiger partial charge is 0.481 e. The summed E-state index contributed by atoms with van der Waals surface area (Å²) in [5, 5.41) is 24.6. The van der Waals surface area contributed by atoms with E-state index in [-0.39, 0.29) is 12.8 Å². The lowest BCUT2D eigenvalue weighted by Crippen LogP contribution is -2.10. The summed E-state index contributed by atoms with van der Waals surface area (Å²) in [6.07, 6.45) is 2.76. The van der Waals surface area contributed by atoms with Gasteiger partial charge in [-0.25, -0.2) is 4.98 Å². The zero-order valence-corrected chi connectivity index (χ0v) is 11.5. The molecule has 0 atom stereocenters. The Labute approximate surface area is 122 Å².